The van der Waals surface area contributed by atoms with E-state index in [1.54, 1.807) is 0 Å². The SMILES string of the molecule is C[Si](C)(C)[C@H]1[C@@H](c2ccccc2)N1c1ccccc1. The number of nitrogens with zero attached hydrogens (tertiary/aromatic N) is 1. The van der Waals surface area contributed by atoms with Crippen molar-refractivity contribution in [2.75, 3.05) is 4.90 Å². The van der Waals surface area contributed by atoms with E-state index in [1.165, 1.54) is 11.3 Å². The molecule has 1 aliphatic rings. The van der Waals surface area contributed by atoms with Crippen LogP contribution in [0.25, 0.3) is 0 Å². The Kier molecular flexibility index (Phi) is 2.98. The molecule has 3 rings (SSSR count). The van der Waals surface area contributed by atoms with E-state index in [0.717, 1.165) is 5.67 Å². The number of benzene rings is 2. The maximum Gasteiger partial charge on any atom is 0.0736 e. The van der Waals surface area contributed by atoms with Crippen molar-refractivity contribution in [2.45, 2.75) is 31.3 Å². The number of hydrogen-bond donors (Lipinski definition) is 0. The lowest BCUT2D eigenvalue weighted by Crippen LogP contribution is -2.32. The fourth-order valence-corrected chi connectivity index (χ4v) is 5.39. The van der Waals surface area contributed by atoms with Gasteiger partial charge in [-0.1, -0.05) is 68.2 Å². The predicted molar refractivity (Wildman–Crippen MR) is 85.2 cm³/mol. The van der Waals surface area contributed by atoms with Crippen molar-refractivity contribution in [2.24, 2.45) is 0 Å². The first-order chi connectivity index (χ1) is 9.09. The van der Waals surface area contributed by atoms with Gasteiger partial charge in [-0.15, -0.1) is 0 Å². The molecule has 0 amide bonds. The number of anilines is 1. The van der Waals surface area contributed by atoms with Crippen LogP contribution in [0.4, 0.5) is 5.69 Å². The van der Waals surface area contributed by atoms with Crippen molar-refractivity contribution in [1.82, 2.24) is 0 Å². The summed E-state index contributed by atoms with van der Waals surface area (Å²) in [5, 5.41) is 0. The lowest BCUT2D eigenvalue weighted by atomic mass is 10.1. The summed E-state index contributed by atoms with van der Waals surface area (Å²) in [6, 6.07) is 22.3. The van der Waals surface area contributed by atoms with Gasteiger partial charge in [0, 0.05) is 11.4 Å². The zero-order chi connectivity index (χ0) is 13.5. The van der Waals surface area contributed by atoms with Crippen molar-refractivity contribution in [3.63, 3.8) is 0 Å². The van der Waals surface area contributed by atoms with Gasteiger partial charge < -0.3 is 4.90 Å². The van der Waals surface area contributed by atoms with Gasteiger partial charge in [0.15, 0.2) is 0 Å². The topological polar surface area (TPSA) is 3.01 Å². The summed E-state index contributed by atoms with van der Waals surface area (Å²) < 4.78 is 0. The van der Waals surface area contributed by atoms with Crippen molar-refractivity contribution in [1.29, 1.82) is 0 Å². The first-order valence-electron chi connectivity index (χ1n) is 6.97. The molecule has 1 heterocycles. The maximum atomic E-state index is 2.60. The van der Waals surface area contributed by atoms with Crippen molar-refractivity contribution < 1.29 is 0 Å². The quantitative estimate of drug-likeness (QED) is 0.585. The zero-order valence-electron chi connectivity index (χ0n) is 11.9. The monoisotopic (exact) mass is 267 g/mol. The Morgan fingerprint density at radius 1 is 0.789 bits per heavy atom. The summed E-state index contributed by atoms with van der Waals surface area (Å²) in [6.07, 6.45) is 0. The van der Waals surface area contributed by atoms with E-state index in [4.69, 9.17) is 0 Å². The second-order valence-electron chi connectivity index (χ2n) is 6.41. The highest BCUT2D eigenvalue weighted by molar-refractivity contribution is 6.79. The van der Waals surface area contributed by atoms with Crippen LogP contribution in [0, 0.1) is 0 Å². The Bertz CT molecular complexity index is 499. The molecule has 19 heavy (non-hydrogen) atoms. The summed E-state index contributed by atoms with van der Waals surface area (Å²) in [5.74, 6) is 0. The van der Waals surface area contributed by atoms with Gasteiger partial charge in [0.1, 0.15) is 0 Å². The molecule has 0 saturated carbocycles. The van der Waals surface area contributed by atoms with Crippen molar-refractivity contribution in [3.8, 4) is 0 Å². The van der Waals surface area contributed by atoms with Crippen LogP contribution in [-0.2, 0) is 0 Å². The van der Waals surface area contributed by atoms with Crippen LogP contribution in [0.3, 0.4) is 0 Å². The van der Waals surface area contributed by atoms with Crippen LogP contribution in [0.15, 0.2) is 60.7 Å². The molecule has 0 spiro atoms. The molecular weight excluding hydrogens is 246 g/mol. The lowest BCUT2D eigenvalue weighted by Gasteiger charge is -2.15. The summed E-state index contributed by atoms with van der Waals surface area (Å²) in [5.41, 5.74) is 3.54. The van der Waals surface area contributed by atoms with Crippen LogP contribution < -0.4 is 4.90 Å². The molecule has 0 aromatic heterocycles. The fourth-order valence-electron chi connectivity index (χ4n) is 3.04. The Labute approximate surface area is 116 Å². The average Bonchev–Trinajstić information content (AvgIpc) is 3.16. The summed E-state index contributed by atoms with van der Waals surface area (Å²) in [7, 11) is -1.19. The van der Waals surface area contributed by atoms with Crippen LogP contribution >= 0.6 is 0 Å². The maximum absolute atomic E-state index is 2.60. The second kappa shape index (κ2) is 4.53. The van der Waals surface area contributed by atoms with E-state index >= 15 is 0 Å². The summed E-state index contributed by atoms with van der Waals surface area (Å²) in [4.78, 5) is 2.60. The van der Waals surface area contributed by atoms with Crippen molar-refractivity contribution in [3.05, 3.63) is 66.2 Å². The average molecular weight is 267 g/mol. The molecule has 2 aromatic rings. The van der Waals surface area contributed by atoms with Crippen LogP contribution in [0.1, 0.15) is 11.6 Å². The highest BCUT2D eigenvalue weighted by atomic mass is 28.3. The van der Waals surface area contributed by atoms with E-state index in [1.807, 2.05) is 0 Å². The Balaban J connectivity index is 1.95. The molecule has 1 aliphatic heterocycles. The predicted octanol–water partition coefficient (Wildman–Crippen LogP) is 4.49. The smallest absolute Gasteiger partial charge is 0.0736 e. The third-order valence-electron chi connectivity index (χ3n) is 3.89. The molecule has 1 saturated heterocycles. The van der Waals surface area contributed by atoms with Gasteiger partial charge in [0.05, 0.1) is 14.1 Å². The summed E-state index contributed by atoms with van der Waals surface area (Å²) in [6.45, 7) is 7.41. The molecule has 2 aromatic carbocycles. The number of para-hydroxylation sites is 1. The molecule has 98 valence electrons. The minimum Gasteiger partial charge on any atom is -0.360 e. The van der Waals surface area contributed by atoms with Gasteiger partial charge >= 0.3 is 0 Å². The lowest BCUT2D eigenvalue weighted by molar-refractivity contribution is 1.11. The number of hydrogen-bond acceptors (Lipinski definition) is 1. The first-order valence-corrected chi connectivity index (χ1v) is 10.5. The zero-order valence-corrected chi connectivity index (χ0v) is 12.9. The van der Waals surface area contributed by atoms with E-state index in [-0.39, 0.29) is 0 Å². The Morgan fingerprint density at radius 2 is 1.32 bits per heavy atom. The van der Waals surface area contributed by atoms with Gasteiger partial charge in [0.2, 0.25) is 0 Å². The molecule has 0 bridgehead atoms. The largest absolute Gasteiger partial charge is 0.360 e. The van der Waals surface area contributed by atoms with Gasteiger partial charge in [-0.25, -0.2) is 0 Å². The van der Waals surface area contributed by atoms with Gasteiger partial charge in [0.25, 0.3) is 0 Å². The second-order valence-corrected chi connectivity index (χ2v) is 11.7. The summed E-state index contributed by atoms with van der Waals surface area (Å²) >= 11 is 0. The molecule has 2 atom stereocenters. The third-order valence-corrected chi connectivity index (χ3v) is 6.26. The third kappa shape index (κ3) is 2.33. The molecule has 0 N–H and O–H groups in total. The Hall–Kier alpha value is -1.54. The van der Waals surface area contributed by atoms with Crippen LogP contribution in [-0.4, -0.2) is 13.7 Å². The molecule has 0 radical (unpaired) electrons. The molecule has 1 nitrogen and oxygen atoms in total. The molecular formula is C17H21NSi. The standard InChI is InChI=1S/C17H21NSi/c1-19(2,3)17-16(14-10-6-4-7-11-14)18(17)15-12-8-5-9-13-15/h4-13,16-17H,1-3H3/t16-,17+,18?/m1/s1. The van der Waals surface area contributed by atoms with E-state index in [2.05, 4.69) is 85.2 Å². The normalized spacial score (nSPS) is 22.4. The molecule has 0 aliphatic carbocycles. The minimum absolute atomic E-state index is 0.579. The first kappa shape index (κ1) is 12.5. The van der Waals surface area contributed by atoms with Gasteiger partial charge in [-0.3, -0.25) is 0 Å². The van der Waals surface area contributed by atoms with E-state index in [9.17, 15) is 0 Å². The highest BCUT2D eigenvalue weighted by Gasteiger charge is 2.55. The molecule has 2 heteroatoms. The van der Waals surface area contributed by atoms with Gasteiger partial charge in [-0.05, 0) is 17.7 Å². The van der Waals surface area contributed by atoms with Gasteiger partial charge in [-0.2, -0.15) is 0 Å². The fraction of sp³-hybridized carbons (Fsp3) is 0.294. The van der Waals surface area contributed by atoms with E-state index in [0.29, 0.717) is 6.04 Å². The Morgan fingerprint density at radius 3 is 1.84 bits per heavy atom. The van der Waals surface area contributed by atoms with Crippen LogP contribution in [0.5, 0.6) is 0 Å². The minimum atomic E-state index is -1.19. The van der Waals surface area contributed by atoms with Crippen molar-refractivity contribution >= 4 is 13.8 Å². The van der Waals surface area contributed by atoms with Crippen LogP contribution in [0.2, 0.25) is 19.6 Å². The molecule has 1 fully saturated rings. The molecule has 0 unspecified atom stereocenters. The number of rotatable bonds is 3. The highest BCUT2D eigenvalue weighted by Crippen LogP contribution is 2.50. The van der Waals surface area contributed by atoms with E-state index < -0.39 is 8.07 Å².